The van der Waals surface area contributed by atoms with E-state index >= 15 is 0 Å². The SMILES string of the molecule is Cl.Cl.Cl.Cl.Cl.NCC(=O)[O-].NCC(=O)[O-].NCC(=O)[O-].NCC(=O)[O-].[Zr+4]. The number of carboxylic acids is 4. The predicted molar refractivity (Wildman–Crippen MR) is 92.5 cm³/mol. The van der Waals surface area contributed by atoms with Crippen molar-refractivity contribution in [3.8, 4) is 0 Å². The van der Waals surface area contributed by atoms with Crippen LogP contribution in [0.5, 0.6) is 0 Å². The predicted octanol–water partition coefficient (Wildman–Crippen LogP) is -7.11. The van der Waals surface area contributed by atoms with Crippen LogP contribution < -0.4 is 43.4 Å². The Morgan fingerprint density at radius 3 is 0.500 bits per heavy atom. The summed E-state index contributed by atoms with van der Waals surface area (Å²) < 4.78 is 0. The van der Waals surface area contributed by atoms with Gasteiger partial charge in [-0.1, -0.05) is 0 Å². The van der Waals surface area contributed by atoms with Crippen LogP contribution in [0.1, 0.15) is 0 Å². The maximum Gasteiger partial charge on any atom is 4.00 e. The molecule has 0 bridgehead atoms. The third kappa shape index (κ3) is 197. The van der Waals surface area contributed by atoms with Crippen molar-refractivity contribution in [1.29, 1.82) is 0 Å². The van der Waals surface area contributed by atoms with Crippen molar-refractivity contribution < 1.29 is 65.8 Å². The number of aliphatic carboxylic acids is 4. The van der Waals surface area contributed by atoms with E-state index in [9.17, 15) is 0 Å². The number of halogens is 5. The zero-order valence-corrected chi connectivity index (χ0v) is 19.5. The molecule has 0 saturated carbocycles. The molecule has 0 aromatic carbocycles. The Bertz CT molecular complexity index is 252. The van der Waals surface area contributed by atoms with Gasteiger partial charge in [0.25, 0.3) is 0 Å². The number of nitrogens with two attached hydrogens (primary N) is 4. The van der Waals surface area contributed by atoms with E-state index in [2.05, 4.69) is 22.9 Å². The van der Waals surface area contributed by atoms with E-state index in [0.717, 1.165) is 0 Å². The minimum absolute atomic E-state index is 0. The largest absolute Gasteiger partial charge is 4.00 e. The molecule has 26 heavy (non-hydrogen) atoms. The number of carbonyl (C=O) groups is 4. The van der Waals surface area contributed by atoms with E-state index in [1.807, 2.05) is 0 Å². The number of rotatable bonds is 4. The van der Waals surface area contributed by atoms with E-state index < -0.39 is 23.9 Å². The van der Waals surface area contributed by atoms with Crippen molar-refractivity contribution in [2.75, 3.05) is 26.2 Å². The summed E-state index contributed by atoms with van der Waals surface area (Å²) >= 11 is 0. The summed E-state index contributed by atoms with van der Waals surface area (Å²) in [6.07, 6.45) is 0. The van der Waals surface area contributed by atoms with E-state index in [4.69, 9.17) is 39.6 Å². The zero-order chi connectivity index (χ0) is 17.1. The molecular formula is C8H21Cl5N4O8Zr. The van der Waals surface area contributed by atoms with Gasteiger partial charge in [-0.15, -0.1) is 62.0 Å². The van der Waals surface area contributed by atoms with Crippen LogP contribution in [0.3, 0.4) is 0 Å². The average molecular weight is 570 g/mol. The molecule has 0 aromatic rings. The Morgan fingerprint density at radius 1 is 0.462 bits per heavy atom. The van der Waals surface area contributed by atoms with Crippen LogP contribution in [0.25, 0.3) is 0 Å². The second kappa shape index (κ2) is 56.2. The van der Waals surface area contributed by atoms with Gasteiger partial charge in [-0.25, -0.2) is 0 Å². The molecule has 0 amide bonds. The van der Waals surface area contributed by atoms with Gasteiger partial charge < -0.3 is 62.5 Å². The van der Waals surface area contributed by atoms with Gasteiger partial charge in [-0.2, -0.15) is 0 Å². The first kappa shape index (κ1) is 63.5. The van der Waals surface area contributed by atoms with Crippen LogP contribution in [0.4, 0.5) is 0 Å². The fraction of sp³-hybridized carbons (Fsp3) is 0.500. The number of carbonyl (C=O) groups excluding carboxylic acids is 4. The van der Waals surface area contributed by atoms with Crippen molar-refractivity contribution in [3.63, 3.8) is 0 Å². The average Bonchev–Trinajstić information content (AvgIpc) is 2.40. The van der Waals surface area contributed by atoms with E-state index in [0.29, 0.717) is 0 Å². The van der Waals surface area contributed by atoms with Gasteiger partial charge in [0.2, 0.25) is 0 Å². The molecule has 12 nitrogen and oxygen atoms in total. The van der Waals surface area contributed by atoms with Crippen molar-refractivity contribution >= 4 is 85.9 Å². The molecule has 0 radical (unpaired) electrons. The molecule has 0 rings (SSSR count). The molecule has 0 aromatic heterocycles. The summed E-state index contributed by atoms with van der Waals surface area (Å²) in [6.45, 7) is -1.56. The molecule has 0 spiro atoms. The molecule has 0 unspecified atom stereocenters. The Hall–Kier alpha value is 0.0531. The van der Waals surface area contributed by atoms with E-state index in [1.165, 1.54) is 0 Å². The first-order chi connectivity index (χ1) is 9.08. The summed E-state index contributed by atoms with van der Waals surface area (Å²) in [4.78, 5) is 36.5. The molecule has 0 heterocycles. The summed E-state index contributed by atoms with van der Waals surface area (Å²) in [5, 5.41) is 36.5. The fourth-order valence-electron chi connectivity index (χ4n) is 0. The van der Waals surface area contributed by atoms with Crippen LogP contribution in [0.15, 0.2) is 0 Å². The number of carboxylic acid groups (broad SMARTS) is 4. The van der Waals surface area contributed by atoms with Crippen molar-refractivity contribution in [2.45, 2.75) is 0 Å². The molecule has 0 saturated heterocycles. The van der Waals surface area contributed by atoms with Crippen LogP contribution in [-0.4, -0.2) is 50.1 Å². The fourth-order valence-corrected chi connectivity index (χ4v) is 0. The Labute approximate surface area is 200 Å². The quantitative estimate of drug-likeness (QED) is 0.246. The van der Waals surface area contributed by atoms with Gasteiger partial charge in [-0.3, -0.25) is 0 Å². The summed E-state index contributed by atoms with van der Waals surface area (Å²) in [5.74, 6) is -4.87. The Morgan fingerprint density at radius 2 is 0.500 bits per heavy atom. The first-order valence-corrected chi connectivity index (χ1v) is 4.68. The third-order valence-corrected chi connectivity index (χ3v) is 0.667. The van der Waals surface area contributed by atoms with E-state index in [-0.39, 0.29) is 114 Å². The van der Waals surface area contributed by atoms with Gasteiger partial charge in [0.05, 0.1) is 23.9 Å². The van der Waals surface area contributed by atoms with Gasteiger partial charge in [0.1, 0.15) is 0 Å². The van der Waals surface area contributed by atoms with Gasteiger partial charge in [-0.05, 0) is 0 Å². The Kier molecular flexibility index (Phi) is 137. The van der Waals surface area contributed by atoms with Crippen molar-refractivity contribution in [2.24, 2.45) is 22.9 Å². The Balaban J connectivity index is -0.0000000152. The maximum absolute atomic E-state index is 9.13. The smallest absolute Gasteiger partial charge is 0.549 e. The van der Waals surface area contributed by atoms with Crippen LogP contribution in [0.2, 0.25) is 0 Å². The van der Waals surface area contributed by atoms with Crippen molar-refractivity contribution in [3.05, 3.63) is 0 Å². The normalized spacial score (nSPS) is 5.69. The standard InChI is InChI=1S/4C2H5NO2.5ClH.Zr/c4*3-1-2(4)5;;;;;;/h4*1,3H2,(H,4,5);5*1H;/q;;;;;;;;;+4/p-4. The van der Waals surface area contributed by atoms with Crippen LogP contribution in [-0.2, 0) is 45.4 Å². The third-order valence-electron chi connectivity index (χ3n) is 0.667. The topological polar surface area (TPSA) is 265 Å². The molecule has 8 N–H and O–H groups in total. The van der Waals surface area contributed by atoms with Crippen molar-refractivity contribution in [1.82, 2.24) is 0 Å². The first-order valence-electron chi connectivity index (χ1n) is 4.68. The van der Waals surface area contributed by atoms with Gasteiger partial charge in [0.15, 0.2) is 0 Å². The molecule has 0 fully saturated rings. The molecule has 18 heteroatoms. The minimum Gasteiger partial charge on any atom is -0.549 e. The molecule has 160 valence electrons. The monoisotopic (exact) mass is 566 g/mol. The zero-order valence-electron chi connectivity index (χ0n) is 12.9. The second-order valence-electron chi connectivity index (χ2n) is 2.30. The minimum atomic E-state index is -1.22. The van der Waals surface area contributed by atoms with E-state index in [1.54, 1.807) is 0 Å². The van der Waals surface area contributed by atoms with Crippen LogP contribution in [0, 0.1) is 0 Å². The summed E-state index contributed by atoms with van der Waals surface area (Å²) in [6, 6.07) is 0. The maximum atomic E-state index is 9.13. The van der Waals surface area contributed by atoms with Crippen LogP contribution >= 0.6 is 62.0 Å². The molecule has 0 aliphatic carbocycles. The molecule has 0 atom stereocenters. The number of hydrogen-bond donors (Lipinski definition) is 4. The van der Waals surface area contributed by atoms with Gasteiger partial charge >= 0.3 is 26.2 Å². The number of hydrogen-bond acceptors (Lipinski definition) is 12. The summed E-state index contributed by atoms with van der Waals surface area (Å²) in [5.41, 5.74) is 18.0. The molecule has 0 aliphatic rings. The molecule has 0 aliphatic heterocycles. The second-order valence-corrected chi connectivity index (χ2v) is 2.30. The summed E-state index contributed by atoms with van der Waals surface area (Å²) in [7, 11) is 0. The van der Waals surface area contributed by atoms with Gasteiger partial charge in [0, 0.05) is 26.2 Å². The molecular weight excluding hydrogens is 549 g/mol.